The fourth-order valence-corrected chi connectivity index (χ4v) is 2.89. The van der Waals surface area contributed by atoms with Crippen molar-refractivity contribution in [1.29, 1.82) is 0 Å². The van der Waals surface area contributed by atoms with Crippen molar-refractivity contribution in [1.82, 2.24) is 5.32 Å². The van der Waals surface area contributed by atoms with Crippen molar-refractivity contribution in [2.75, 3.05) is 13.2 Å². The minimum absolute atomic E-state index is 0.0950. The Morgan fingerprint density at radius 3 is 2.45 bits per heavy atom. The van der Waals surface area contributed by atoms with Crippen LogP contribution in [-0.4, -0.2) is 36.4 Å². The van der Waals surface area contributed by atoms with E-state index >= 15 is 0 Å². The molecule has 0 aromatic heterocycles. The molecule has 2 aromatic rings. The maximum Gasteiger partial charge on any atom is 0.416 e. The average Bonchev–Trinajstić information content (AvgIpc) is 2.66. The zero-order chi connectivity index (χ0) is 21.6. The molecule has 5 nitrogen and oxygen atoms in total. The van der Waals surface area contributed by atoms with Crippen LogP contribution < -0.4 is 14.8 Å². The molecule has 0 aliphatic rings. The summed E-state index contributed by atoms with van der Waals surface area (Å²) in [7, 11) is 0. The third-order valence-corrected chi connectivity index (χ3v) is 4.52. The van der Waals surface area contributed by atoms with Crippen molar-refractivity contribution in [2.45, 2.75) is 32.2 Å². The lowest BCUT2D eigenvalue weighted by atomic mass is 10.2. The molecule has 9 heteroatoms. The van der Waals surface area contributed by atoms with Crippen LogP contribution in [0, 0.1) is 6.92 Å². The van der Waals surface area contributed by atoms with E-state index in [1.165, 1.54) is 12.1 Å². The molecule has 0 aliphatic heterocycles. The van der Waals surface area contributed by atoms with Gasteiger partial charge in [-0.15, -0.1) is 0 Å². The summed E-state index contributed by atoms with van der Waals surface area (Å²) in [5.74, 6) is 0.278. The zero-order valence-corrected chi connectivity index (χ0v) is 17.4. The topological polar surface area (TPSA) is 67.8 Å². The van der Waals surface area contributed by atoms with Crippen LogP contribution in [0.25, 0.3) is 0 Å². The van der Waals surface area contributed by atoms with Gasteiger partial charge in [-0.25, -0.2) is 0 Å². The minimum atomic E-state index is -4.42. The second-order valence-electron chi connectivity index (χ2n) is 6.43. The second kappa shape index (κ2) is 9.98. The van der Waals surface area contributed by atoms with Gasteiger partial charge in [0.2, 0.25) is 0 Å². The quantitative estimate of drug-likeness (QED) is 0.603. The fourth-order valence-electron chi connectivity index (χ4n) is 2.30. The Labute approximate surface area is 175 Å². The summed E-state index contributed by atoms with van der Waals surface area (Å²) in [4.78, 5) is 12.1. The van der Waals surface area contributed by atoms with Gasteiger partial charge in [0.1, 0.15) is 24.2 Å². The number of aliphatic hydroxyl groups excluding tert-OH is 1. The third-order valence-electron chi connectivity index (χ3n) is 3.90. The first-order valence-corrected chi connectivity index (χ1v) is 9.54. The normalized spacial score (nSPS) is 13.5. The summed E-state index contributed by atoms with van der Waals surface area (Å²) in [5.41, 5.74) is 0.254. The number of hydrogen-bond acceptors (Lipinski definition) is 4. The van der Waals surface area contributed by atoms with Crippen LogP contribution in [0.5, 0.6) is 11.5 Å². The molecular formula is C20H21BrF3NO4. The lowest BCUT2D eigenvalue weighted by Gasteiger charge is -2.18. The molecule has 2 rings (SSSR count). The summed E-state index contributed by atoms with van der Waals surface area (Å²) in [6, 6.07) is 9.59. The summed E-state index contributed by atoms with van der Waals surface area (Å²) in [6.45, 7) is 3.22. The highest BCUT2D eigenvalue weighted by Gasteiger charge is 2.30. The first-order valence-electron chi connectivity index (χ1n) is 8.75. The van der Waals surface area contributed by atoms with Crippen LogP contribution in [0.3, 0.4) is 0 Å². The molecule has 2 N–H and O–H groups in total. The van der Waals surface area contributed by atoms with E-state index in [1.807, 2.05) is 19.1 Å². The van der Waals surface area contributed by atoms with Crippen LogP contribution in [0.15, 0.2) is 46.9 Å². The highest BCUT2D eigenvalue weighted by molar-refractivity contribution is 9.10. The highest BCUT2D eigenvalue weighted by atomic mass is 79.9. The number of carbonyl (C=O) groups is 1. The number of halogens is 4. The largest absolute Gasteiger partial charge is 0.491 e. The number of amides is 1. The Kier molecular flexibility index (Phi) is 7.92. The van der Waals surface area contributed by atoms with Gasteiger partial charge < -0.3 is 19.9 Å². The van der Waals surface area contributed by atoms with Crippen molar-refractivity contribution in [3.63, 3.8) is 0 Å². The molecule has 0 saturated heterocycles. The van der Waals surface area contributed by atoms with Crippen LogP contribution in [0.1, 0.15) is 18.1 Å². The van der Waals surface area contributed by atoms with E-state index in [0.29, 0.717) is 5.75 Å². The van der Waals surface area contributed by atoms with Crippen molar-refractivity contribution in [3.05, 3.63) is 58.1 Å². The zero-order valence-electron chi connectivity index (χ0n) is 15.8. The van der Waals surface area contributed by atoms with Crippen LogP contribution in [0.4, 0.5) is 13.2 Å². The molecule has 0 radical (unpaired) electrons. The maximum atomic E-state index is 12.5. The molecule has 0 aliphatic carbocycles. The molecule has 0 fully saturated rings. The van der Waals surface area contributed by atoms with E-state index in [0.717, 1.165) is 22.2 Å². The molecule has 2 atom stereocenters. The SMILES string of the molecule is Cc1ccc(OC(C)C(=O)NCC(O)COc2ccc(C(F)(F)F)cc2)c(Br)c1. The molecular weight excluding hydrogens is 455 g/mol. The summed E-state index contributed by atoms with van der Waals surface area (Å²) in [5, 5.41) is 12.5. The van der Waals surface area contributed by atoms with E-state index in [9.17, 15) is 23.1 Å². The average molecular weight is 476 g/mol. The number of aliphatic hydroxyl groups is 1. The van der Waals surface area contributed by atoms with Crippen LogP contribution in [-0.2, 0) is 11.0 Å². The second-order valence-corrected chi connectivity index (χ2v) is 7.28. The molecule has 1 amide bonds. The number of benzene rings is 2. The molecule has 0 bridgehead atoms. The number of nitrogens with one attached hydrogen (secondary N) is 1. The summed E-state index contributed by atoms with van der Waals surface area (Å²) >= 11 is 3.37. The first kappa shape index (κ1) is 23.0. The van der Waals surface area contributed by atoms with Crippen LogP contribution >= 0.6 is 15.9 Å². The predicted octanol–water partition coefficient (Wildman–Crippen LogP) is 4.10. The standard InChI is InChI=1S/C20H21BrF3NO4/c1-12-3-8-18(17(21)9-12)29-13(2)19(27)25-10-15(26)11-28-16-6-4-14(5-7-16)20(22,23)24/h3-9,13,15,26H,10-11H2,1-2H3,(H,25,27). The Morgan fingerprint density at radius 2 is 1.86 bits per heavy atom. The van der Waals surface area contributed by atoms with E-state index in [1.54, 1.807) is 13.0 Å². The van der Waals surface area contributed by atoms with Gasteiger partial charge in [0.15, 0.2) is 6.10 Å². The number of ether oxygens (including phenoxy) is 2. The monoisotopic (exact) mass is 475 g/mol. The smallest absolute Gasteiger partial charge is 0.416 e. The molecule has 2 aromatic carbocycles. The number of alkyl halides is 3. The number of hydrogen-bond donors (Lipinski definition) is 2. The van der Waals surface area contributed by atoms with Crippen molar-refractivity contribution in [2.24, 2.45) is 0 Å². The molecule has 0 spiro atoms. The van der Waals surface area contributed by atoms with Gasteiger partial charge >= 0.3 is 6.18 Å². The Morgan fingerprint density at radius 1 is 1.21 bits per heavy atom. The fraction of sp³-hybridized carbons (Fsp3) is 0.350. The highest BCUT2D eigenvalue weighted by Crippen LogP contribution is 2.30. The molecule has 0 saturated carbocycles. The number of rotatable bonds is 8. The molecule has 2 unspecified atom stereocenters. The third kappa shape index (κ3) is 7.25. The molecule has 158 valence electrons. The van der Waals surface area contributed by atoms with E-state index in [-0.39, 0.29) is 18.9 Å². The van der Waals surface area contributed by atoms with Crippen LogP contribution in [0.2, 0.25) is 0 Å². The van der Waals surface area contributed by atoms with Crippen molar-refractivity contribution in [3.8, 4) is 11.5 Å². The van der Waals surface area contributed by atoms with Gasteiger partial charge in [0.05, 0.1) is 10.0 Å². The number of aryl methyl sites for hydroxylation is 1. The van der Waals surface area contributed by atoms with Gasteiger partial charge in [-0.3, -0.25) is 4.79 Å². The lowest BCUT2D eigenvalue weighted by Crippen LogP contribution is -2.41. The maximum absolute atomic E-state index is 12.5. The Bertz CT molecular complexity index is 827. The number of carbonyl (C=O) groups excluding carboxylic acids is 1. The lowest BCUT2D eigenvalue weighted by molar-refractivity contribution is -0.137. The summed E-state index contributed by atoms with van der Waals surface area (Å²) < 4.78 is 49.1. The van der Waals surface area contributed by atoms with Crippen molar-refractivity contribution < 1.29 is 32.5 Å². The van der Waals surface area contributed by atoms with E-state index in [2.05, 4.69) is 21.2 Å². The predicted molar refractivity (Wildman–Crippen MR) is 105 cm³/mol. The Hall–Kier alpha value is -2.26. The Balaban J connectivity index is 1.76. The van der Waals surface area contributed by atoms with Crippen molar-refractivity contribution >= 4 is 21.8 Å². The molecule has 0 heterocycles. The summed E-state index contributed by atoms with van der Waals surface area (Å²) in [6.07, 6.45) is -6.26. The minimum Gasteiger partial charge on any atom is -0.491 e. The van der Waals surface area contributed by atoms with Gasteiger partial charge in [0.25, 0.3) is 5.91 Å². The van der Waals surface area contributed by atoms with E-state index in [4.69, 9.17) is 9.47 Å². The first-order chi connectivity index (χ1) is 13.6. The van der Waals surface area contributed by atoms with Gasteiger partial charge in [0, 0.05) is 6.54 Å². The molecule has 29 heavy (non-hydrogen) atoms. The van der Waals surface area contributed by atoms with Gasteiger partial charge in [-0.1, -0.05) is 6.07 Å². The van der Waals surface area contributed by atoms with Gasteiger partial charge in [-0.05, 0) is 71.7 Å². The van der Waals surface area contributed by atoms with Gasteiger partial charge in [-0.2, -0.15) is 13.2 Å². The van der Waals surface area contributed by atoms with E-state index < -0.39 is 29.9 Å².